The van der Waals surface area contributed by atoms with Crippen LogP contribution in [-0.4, -0.2) is 26.3 Å². The number of sulfone groups is 1. The lowest BCUT2D eigenvalue weighted by Crippen LogP contribution is -2.21. The summed E-state index contributed by atoms with van der Waals surface area (Å²) in [6.07, 6.45) is 1.22. The maximum absolute atomic E-state index is 12.8. The molecule has 1 amide bonds. The zero-order valence-electron chi connectivity index (χ0n) is 13.3. The number of nitrogens with one attached hydrogen (secondary N) is 1. The van der Waals surface area contributed by atoms with Crippen LogP contribution in [0.2, 0.25) is 0 Å². The Morgan fingerprint density at radius 2 is 1.67 bits per heavy atom. The highest BCUT2D eigenvalue weighted by Crippen LogP contribution is 2.11. The molecule has 0 saturated carbocycles. The van der Waals surface area contributed by atoms with E-state index in [1.54, 1.807) is 19.1 Å². The normalized spacial score (nSPS) is 12.0. The molecule has 2 rings (SSSR count). The van der Waals surface area contributed by atoms with Crippen LogP contribution < -0.4 is 5.43 Å². The van der Waals surface area contributed by atoms with Crippen molar-refractivity contribution in [3.8, 4) is 0 Å². The fraction of sp³-hybridized carbons (Fsp3) is 0.176. The first-order chi connectivity index (χ1) is 11.3. The Labute approximate surface area is 140 Å². The van der Waals surface area contributed by atoms with Crippen LogP contribution in [0.25, 0.3) is 0 Å². The average molecular weight is 348 g/mol. The molecular formula is C17H17FN2O3S. The van der Waals surface area contributed by atoms with Crippen LogP contribution in [0.1, 0.15) is 18.1 Å². The smallest absolute Gasteiger partial charge is 0.244 e. The summed E-state index contributed by atoms with van der Waals surface area (Å²) >= 11 is 0. The second-order valence-corrected chi connectivity index (χ2v) is 7.35. The largest absolute Gasteiger partial charge is 0.273 e. The minimum absolute atomic E-state index is 0.0874. The van der Waals surface area contributed by atoms with Gasteiger partial charge in [-0.1, -0.05) is 24.3 Å². The van der Waals surface area contributed by atoms with Gasteiger partial charge in [-0.3, -0.25) is 4.79 Å². The molecule has 0 fully saturated rings. The van der Waals surface area contributed by atoms with Crippen molar-refractivity contribution in [3.05, 3.63) is 65.5 Å². The Bertz CT molecular complexity index is 858. The van der Waals surface area contributed by atoms with Gasteiger partial charge in [-0.15, -0.1) is 0 Å². The molecule has 0 radical (unpaired) electrons. The van der Waals surface area contributed by atoms with Crippen LogP contribution in [0, 0.1) is 5.82 Å². The van der Waals surface area contributed by atoms with Crippen molar-refractivity contribution in [2.24, 2.45) is 5.10 Å². The van der Waals surface area contributed by atoms with Gasteiger partial charge in [0.25, 0.3) is 0 Å². The lowest BCUT2D eigenvalue weighted by molar-refractivity contribution is -0.120. The minimum atomic E-state index is -3.24. The molecule has 0 unspecified atom stereocenters. The van der Waals surface area contributed by atoms with E-state index in [1.165, 1.54) is 36.4 Å². The molecule has 7 heteroatoms. The predicted octanol–water partition coefficient (Wildman–Crippen LogP) is 2.31. The molecule has 0 aliphatic heterocycles. The summed E-state index contributed by atoms with van der Waals surface area (Å²) in [5, 5.41) is 3.99. The third-order valence-corrected chi connectivity index (χ3v) is 4.45. The summed E-state index contributed by atoms with van der Waals surface area (Å²) in [5.41, 5.74) is 4.35. The summed E-state index contributed by atoms with van der Waals surface area (Å²) in [7, 11) is -3.24. The van der Waals surface area contributed by atoms with E-state index in [4.69, 9.17) is 0 Å². The van der Waals surface area contributed by atoms with Crippen LogP contribution >= 0.6 is 0 Å². The van der Waals surface area contributed by atoms with Crippen LogP contribution in [0.3, 0.4) is 0 Å². The number of amides is 1. The molecule has 24 heavy (non-hydrogen) atoms. The number of hydrogen-bond donors (Lipinski definition) is 1. The molecule has 126 valence electrons. The van der Waals surface area contributed by atoms with E-state index in [9.17, 15) is 17.6 Å². The number of nitrogens with zero attached hydrogens (tertiary/aromatic N) is 1. The van der Waals surface area contributed by atoms with Gasteiger partial charge in [0.2, 0.25) is 5.91 Å². The molecule has 0 aromatic heterocycles. The van der Waals surface area contributed by atoms with Crippen molar-refractivity contribution in [2.75, 3.05) is 6.26 Å². The van der Waals surface area contributed by atoms with E-state index in [1.807, 2.05) is 0 Å². The van der Waals surface area contributed by atoms with Crippen LogP contribution in [0.4, 0.5) is 4.39 Å². The van der Waals surface area contributed by atoms with Gasteiger partial charge in [-0.25, -0.2) is 18.2 Å². The standard InChI is InChI=1S/C17H17FN2O3S/c1-12(14-5-9-16(10-6-14)24(2,22)23)19-20-17(21)11-13-3-7-15(18)8-4-13/h3-10H,11H2,1-2H3,(H,20,21)/b19-12-. The van der Waals surface area contributed by atoms with Crippen LogP contribution in [-0.2, 0) is 21.1 Å². The Hall–Kier alpha value is -2.54. The fourth-order valence-corrected chi connectivity index (χ4v) is 2.61. The molecule has 0 spiro atoms. The molecule has 2 aromatic rings. The van der Waals surface area contributed by atoms with E-state index in [2.05, 4.69) is 10.5 Å². The first-order valence-electron chi connectivity index (χ1n) is 7.14. The fourth-order valence-electron chi connectivity index (χ4n) is 1.98. The summed E-state index contributed by atoms with van der Waals surface area (Å²) in [6, 6.07) is 11.9. The molecule has 0 atom stereocenters. The van der Waals surface area contributed by atoms with Crippen molar-refractivity contribution >= 4 is 21.5 Å². The number of halogens is 1. The van der Waals surface area contributed by atoms with Gasteiger partial charge in [0.1, 0.15) is 5.82 Å². The summed E-state index contributed by atoms with van der Waals surface area (Å²) in [5.74, 6) is -0.681. The topological polar surface area (TPSA) is 75.6 Å². The number of hydrogen-bond acceptors (Lipinski definition) is 4. The highest BCUT2D eigenvalue weighted by Gasteiger charge is 2.07. The van der Waals surface area contributed by atoms with Crippen LogP contribution in [0.15, 0.2) is 58.5 Å². The van der Waals surface area contributed by atoms with Crippen LogP contribution in [0.5, 0.6) is 0 Å². The van der Waals surface area contributed by atoms with Crippen molar-refractivity contribution in [1.82, 2.24) is 5.43 Å². The second-order valence-electron chi connectivity index (χ2n) is 5.33. The van der Waals surface area contributed by atoms with E-state index < -0.39 is 9.84 Å². The van der Waals surface area contributed by atoms with E-state index >= 15 is 0 Å². The third kappa shape index (κ3) is 4.99. The van der Waals surface area contributed by atoms with Gasteiger partial charge >= 0.3 is 0 Å². The average Bonchev–Trinajstić information content (AvgIpc) is 2.54. The van der Waals surface area contributed by atoms with Crippen molar-refractivity contribution in [3.63, 3.8) is 0 Å². The minimum Gasteiger partial charge on any atom is -0.273 e. The zero-order chi connectivity index (χ0) is 17.7. The van der Waals surface area contributed by atoms with Crippen molar-refractivity contribution in [1.29, 1.82) is 0 Å². The highest BCUT2D eigenvalue weighted by molar-refractivity contribution is 7.90. The van der Waals surface area contributed by atoms with E-state index in [0.29, 0.717) is 16.8 Å². The van der Waals surface area contributed by atoms with Gasteiger partial charge in [-0.2, -0.15) is 5.10 Å². The first kappa shape index (κ1) is 17.8. The molecular weight excluding hydrogens is 331 g/mol. The number of benzene rings is 2. The lowest BCUT2D eigenvalue weighted by atomic mass is 10.1. The summed E-state index contributed by atoms with van der Waals surface area (Å²) in [4.78, 5) is 12.0. The third-order valence-electron chi connectivity index (χ3n) is 3.33. The molecule has 0 aliphatic rings. The SMILES string of the molecule is C/C(=N/NC(=O)Cc1ccc(F)cc1)c1ccc(S(C)(=O)=O)cc1. The van der Waals surface area contributed by atoms with E-state index in [0.717, 1.165) is 6.26 Å². The van der Waals surface area contributed by atoms with E-state index in [-0.39, 0.29) is 23.0 Å². The molecule has 0 saturated heterocycles. The molecule has 1 N–H and O–H groups in total. The Morgan fingerprint density at radius 1 is 1.08 bits per heavy atom. The second kappa shape index (κ2) is 7.35. The van der Waals surface area contributed by atoms with Gasteiger partial charge in [0.05, 0.1) is 17.0 Å². The number of carbonyl (C=O) groups is 1. The quantitative estimate of drug-likeness (QED) is 0.665. The van der Waals surface area contributed by atoms with Crippen molar-refractivity contribution in [2.45, 2.75) is 18.2 Å². The van der Waals surface area contributed by atoms with Gasteiger partial charge in [-0.05, 0) is 42.3 Å². The maximum atomic E-state index is 12.8. The molecule has 0 bridgehead atoms. The zero-order valence-corrected chi connectivity index (χ0v) is 14.1. The highest BCUT2D eigenvalue weighted by atomic mass is 32.2. The molecule has 2 aromatic carbocycles. The summed E-state index contributed by atoms with van der Waals surface area (Å²) < 4.78 is 35.6. The summed E-state index contributed by atoms with van der Waals surface area (Å²) in [6.45, 7) is 1.70. The monoisotopic (exact) mass is 348 g/mol. The predicted molar refractivity (Wildman–Crippen MR) is 90.0 cm³/mol. The lowest BCUT2D eigenvalue weighted by Gasteiger charge is -2.04. The van der Waals surface area contributed by atoms with Crippen molar-refractivity contribution < 1.29 is 17.6 Å². The Kier molecular flexibility index (Phi) is 5.46. The Balaban J connectivity index is 2.00. The number of carbonyl (C=O) groups excluding carboxylic acids is 1. The number of rotatable bonds is 5. The molecule has 0 aliphatic carbocycles. The Morgan fingerprint density at radius 3 is 2.21 bits per heavy atom. The molecule has 0 heterocycles. The molecule has 5 nitrogen and oxygen atoms in total. The maximum Gasteiger partial charge on any atom is 0.244 e. The van der Waals surface area contributed by atoms with Gasteiger partial charge in [0, 0.05) is 6.26 Å². The van der Waals surface area contributed by atoms with Gasteiger partial charge < -0.3 is 0 Å². The first-order valence-corrected chi connectivity index (χ1v) is 9.03. The number of hydrazone groups is 1. The van der Waals surface area contributed by atoms with Gasteiger partial charge in [0.15, 0.2) is 9.84 Å².